The number of hydrogen-bond acceptors (Lipinski definition) is 5. The molecule has 166 valence electrons. The van der Waals surface area contributed by atoms with Gasteiger partial charge in [-0.3, -0.25) is 14.5 Å². The molecule has 9 heteroatoms. The van der Waals surface area contributed by atoms with Crippen LogP contribution in [0, 0.1) is 0 Å². The predicted octanol–water partition coefficient (Wildman–Crippen LogP) is 1.21. The lowest BCUT2D eigenvalue weighted by Crippen LogP contribution is -2.48. The Hall–Kier alpha value is -1.97. The third-order valence-corrected chi connectivity index (χ3v) is 7.90. The maximum absolute atomic E-state index is 12.9. The molecular formula is C21H32N4O4S. The lowest BCUT2D eigenvalue weighted by atomic mass is 10.1. The third kappa shape index (κ3) is 4.53. The van der Waals surface area contributed by atoms with Gasteiger partial charge < -0.3 is 10.2 Å². The molecule has 0 saturated carbocycles. The van der Waals surface area contributed by atoms with Gasteiger partial charge in [-0.2, -0.15) is 4.31 Å². The van der Waals surface area contributed by atoms with E-state index < -0.39 is 16.1 Å². The topological polar surface area (TPSA) is 90.0 Å². The monoisotopic (exact) mass is 436 g/mol. The van der Waals surface area contributed by atoms with E-state index in [0.717, 1.165) is 38.0 Å². The molecule has 1 unspecified atom stereocenters. The summed E-state index contributed by atoms with van der Waals surface area (Å²) in [6.45, 7) is 9.73. The molecule has 8 nitrogen and oxygen atoms in total. The summed E-state index contributed by atoms with van der Waals surface area (Å²) in [5.41, 5.74) is 1.33. The van der Waals surface area contributed by atoms with Crippen molar-refractivity contribution in [1.82, 2.24) is 14.5 Å². The zero-order valence-electron chi connectivity index (χ0n) is 18.1. The number of likely N-dealkylation sites (N-methyl/N-ethyl adjacent to an activating group) is 1. The zero-order chi connectivity index (χ0) is 21.9. The molecule has 1 aromatic carbocycles. The number of benzene rings is 1. The summed E-state index contributed by atoms with van der Waals surface area (Å²) in [7, 11) is -3.54. The fourth-order valence-electron chi connectivity index (χ4n) is 4.26. The van der Waals surface area contributed by atoms with Crippen molar-refractivity contribution in [2.45, 2.75) is 51.0 Å². The van der Waals surface area contributed by atoms with Gasteiger partial charge in [-0.15, -0.1) is 0 Å². The molecule has 3 rings (SSSR count). The molecule has 2 aliphatic rings. The second-order valence-electron chi connectivity index (χ2n) is 7.83. The molecule has 0 bridgehead atoms. The van der Waals surface area contributed by atoms with E-state index in [1.54, 1.807) is 18.2 Å². The Morgan fingerprint density at radius 1 is 1.17 bits per heavy atom. The lowest BCUT2D eigenvalue weighted by molar-refractivity contribution is -0.125. The van der Waals surface area contributed by atoms with Gasteiger partial charge in [-0.25, -0.2) is 8.42 Å². The van der Waals surface area contributed by atoms with E-state index in [1.807, 2.05) is 0 Å². The van der Waals surface area contributed by atoms with Crippen LogP contribution in [-0.2, 0) is 26.0 Å². The van der Waals surface area contributed by atoms with Crippen LogP contribution in [0.2, 0.25) is 0 Å². The Balaban J connectivity index is 1.77. The van der Waals surface area contributed by atoms with Crippen molar-refractivity contribution in [1.29, 1.82) is 0 Å². The molecule has 2 heterocycles. The number of nitrogens with one attached hydrogen (secondary N) is 1. The molecule has 0 aliphatic carbocycles. The molecule has 30 heavy (non-hydrogen) atoms. The Morgan fingerprint density at radius 3 is 2.43 bits per heavy atom. The van der Waals surface area contributed by atoms with Crippen LogP contribution in [0.5, 0.6) is 0 Å². The molecule has 1 fully saturated rings. The van der Waals surface area contributed by atoms with Crippen LogP contribution in [0.3, 0.4) is 0 Å². The van der Waals surface area contributed by atoms with Gasteiger partial charge in [0.25, 0.3) is 0 Å². The normalized spacial score (nSPS) is 19.3. The van der Waals surface area contributed by atoms with E-state index in [4.69, 9.17) is 0 Å². The molecule has 0 radical (unpaired) electrons. The quantitative estimate of drug-likeness (QED) is 0.662. The average Bonchev–Trinajstić information content (AvgIpc) is 3.38. The first-order valence-corrected chi connectivity index (χ1v) is 12.2. The van der Waals surface area contributed by atoms with Crippen molar-refractivity contribution in [2.75, 3.05) is 44.2 Å². The van der Waals surface area contributed by atoms with Crippen molar-refractivity contribution in [3.63, 3.8) is 0 Å². The maximum atomic E-state index is 12.9. The minimum absolute atomic E-state index is 0.211. The summed E-state index contributed by atoms with van der Waals surface area (Å²) >= 11 is 0. The van der Waals surface area contributed by atoms with Crippen LogP contribution in [0.15, 0.2) is 23.1 Å². The second kappa shape index (κ2) is 9.45. The van der Waals surface area contributed by atoms with Gasteiger partial charge in [0.15, 0.2) is 0 Å². The lowest BCUT2D eigenvalue weighted by Gasteiger charge is -2.24. The highest BCUT2D eigenvalue weighted by Gasteiger charge is 2.38. The fraction of sp³-hybridized carbons (Fsp3) is 0.619. The predicted molar refractivity (Wildman–Crippen MR) is 116 cm³/mol. The van der Waals surface area contributed by atoms with E-state index >= 15 is 0 Å². The van der Waals surface area contributed by atoms with E-state index in [-0.39, 0.29) is 16.7 Å². The molecule has 2 aliphatic heterocycles. The van der Waals surface area contributed by atoms with Crippen LogP contribution in [0.4, 0.5) is 5.69 Å². The van der Waals surface area contributed by atoms with E-state index in [0.29, 0.717) is 31.7 Å². The SMILES string of the molecule is CCN(CC)CCNC(=O)C1Cc2cc(S(=O)(=O)N3CCCC3)ccc2N1C(C)=O. The number of hydrogen-bond donors (Lipinski definition) is 1. The molecule has 1 N–H and O–H groups in total. The van der Waals surface area contributed by atoms with Crippen molar-refractivity contribution < 1.29 is 18.0 Å². The Bertz CT molecular complexity index is 892. The first-order chi connectivity index (χ1) is 14.3. The summed E-state index contributed by atoms with van der Waals surface area (Å²) in [5, 5.41) is 2.93. The maximum Gasteiger partial charge on any atom is 0.243 e. The fourth-order valence-corrected chi connectivity index (χ4v) is 5.83. The average molecular weight is 437 g/mol. The zero-order valence-corrected chi connectivity index (χ0v) is 18.9. The molecular weight excluding hydrogens is 404 g/mol. The van der Waals surface area contributed by atoms with Crippen LogP contribution in [0.1, 0.15) is 39.2 Å². The molecule has 1 saturated heterocycles. The van der Waals surface area contributed by atoms with Crippen LogP contribution < -0.4 is 10.2 Å². The van der Waals surface area contributed by atoms with Crippen molar-refractivity contribution in [3.8, 4) is 0 Å². The summed E-state index contributed by atoms with van der Waals surface area (Å²) in [5.74, 6) is -0.440. The molecule has 0 aromatic heterocycles. The third-order valence-electron chi connectivity index (χ3n) is 6.00. The highest BCUT2D eigenvalue weighted by molar-refractivity contribution is 7.89. The highest BCUT2D eigenvalue weighted by atomic mass is 32.2. The highest BCUT2D eigenvalue weighted by Crippen LogP contribution is 2.35. The van der Waals surface area contributed by atoms with Crippen LogP contribution in [0.25, 0.3) is 0 Å². The van der Waals surface area contributed by atoms with Gasteiger partial charge in [0.05, 0.1) is 4.90 Å². The van der Waals surface area contributed by atoms with Gasteiger partial charge >= 0.3 is 0 Å². The van der Waals surface area contributed by atoms with E-state index in [1.165, 1.54) is 16.1 Å². The number of sulfonamides is 1. The van der Waals surface area contributed by atoms with Gasteiger partial charge in [-0.1, -0.05) is 13.8 Å². The van der Waals surface area contributed by atoms with Gasteiger partial charge in [0.1, 0.15) is 6.04 Å². The van der Waals surface area contributed by atoms with Crippen molar-refractivity contribution >= 4 is 27.5 Å². The van der Waals surface area contributed by atoms with Gasteiger partial charge in [0.2, 0.25) is 21.8 Å². The van der Waals surface area contributed by atoms with Crippen molar-refractivity contribution in [2.24, 2.45) is 0 Å². The number of anilines is 1. The number of fused-ring (bicyclic) bond motifs is 1. The Labute approximate surface area is 179 Å². The minimum Gasteiger partial charge on any atom is -0.353 e. The number of nitrogens with zero attached hydrogens (tertiary/aromatic N) is 3. The molecule has 1 aromatic rings. The Morgan fingerprint density at radius 2 is 1.83 bits per heavy atom. The summed E-state index contributed by atoms with van der Waals surface area (Å²) in [6.07, 6.45) is 2.06. The van der Waals surface area contributed by atoms with E-state index in [9.17, 15) is 18.0 Å². The van der Waals surface area contributed by atoms with Gasteiger partial charge in [0, 0.05) is 45.2 Å². The smallest absolute Gasteiger partial charge is 0.243 e. The number of amides is 2. The van der Waals surface area contributed by atoms with E-state index in [2.05, 4.69) is 24.1 Å². The first kappa shape index (κ1) is 22.7. The largest absolute Gasteiger partial charge is 0.353 e. The molecule has 0 spiro atoms. The first-order valence-electron chi connectivity index (χ1n) is 10.7. The number of carbonyl (C=O) groups excluding carboxylic acids is 2. The van der Waals surface area contributed by atoms with Crippen molar-refractivity contribution in [3.05, 3.63) is 23.8 Å². The summed E-state index contributed by atoms with van der Waals surface area (Å²) in [6, 6.07) is 4.17. The molecule has 1 atom stereocenters. The van der Waals surface area contributed by atoms with Gasteiger partial charge in [-0.05, 0) is 49.7 Å². The second-order valence-corrected chi connectivity index (χ2v) is 9.77. The van der Waals surface area contributed by atoms with Crippen LogP contribution in [-0.4, -0.2) is 74.7 Å². The molecule has 2 amide bonds. The standard InChI is InChI=1S/C21H32N4O4S/c1-4-23(5-2)13-10-22-21(27)20-15-17-14-18(8-9-19(17)25(20)16(3)26)30(28,29)24-11-6-7-12-24/h8-9,14,20H,4-7,10-13,15H2,1-3H3,(H,22,27). The summed E-state index contributed by atoms with van der Waals surface area (Å²) < 4.78 is 27.3. The van der Waals surface area contributed by atoms with Crippen LogP contribution >= 0.6 is 0 Å². The summed E-state index contributed by atoms with van der Waals surface area (Å²) in [4.78, 5) is 29.0. The number of rotatable bonds is 8. The minimum atomic E-state index is -3.54. The number of carbonyl (C=O) groups is 2. The Kier molecular flexibility index (Phi) is 7.15.